The molecule has 0 atom stereocenters. The number of pyridine rings is 1. The maximum Gasteiger partial charge on any atom is 2.00 e. The molecule has 0 bridgehead atoms. The Morgan fingerprint density at radius 3 is 2.18 bits per heavy atom. The summed E-state index contributed by atoms with van der Waals surface area (Å²) in [4.78, 5) is 47.5. The Balaban J connectivity index is 0.00000280. The normalized spacial score (nSPS) is 10.8. The Labute approximate surface area is 174 Å². The van der Waals surface area contributed by atoms with Crippen molar-refractivity contribution in [3.63, 3.8) is 0 Å². The Kier molecular flexibility index (Phi) is 6.30. The van der Waals surface area contributed by atoms with Gasteiger partial charge >= 0.3 is 23.1 Å². The van der Waals surface area contributed by atoms with Crippen LogP contribution in [0.1, 0.15) is 46.9 Å². The third-order valence-electron chi connectivity index (χ3n) is 4.41. The number of carboxylic acid groups (broad SMARTS) is 2. The van der Waals surface area contributed by atoms with Gasteiger partial charge in [-0.3, -0.25) is 9.59 Å². The molecule has 3 aromatic rings. The van der Waals surface area contributed by atoms with Crippen molar-refractivity contribution in [1.29, 1.82) is 0 Å². The first-order valence-electron chi connectivity index (χ1n) is 8.40. The van der Waals surface area contributed by atoms with Crippen molar-refractivity contribution in [2.45, 2.75) is 33.2 Å². The second-order valence-electron chi connectivity index (χ2n) is 6.07. The number of aromatic nitrogens is 1. The van der Waals surface area contributed by atoms with Crippen molar-refractivity contribution < 1.29 is 24.2 Å². The average Bonchev–Trinajstić information content (AvgIpc) is 2.62. The molecule has 8 nitrogen and oxygen atoms in total. The Hall–Kier alpha value is -2.65. The number of hydrogen-bond acceptors (Lipinski definition) is 7. The maximum absolute atomic E-state index is 12.5. The summed E-state index contributed by atoms with van der Waals surface area (Å²) in [7, 11) is 0. The second kappa shape index (κ2) is 8.15. The van der Waals surface area contributed by atoms with Crippen LogP contribution in [0.25, 0.3) is 21.9 Å². The van der Waals surface area contributed by atoms with Crippen LogP contribution >= 0.6 is 0 Å². The number of benzene rings is 1. The van der Waals surface area contributed by atoms with E-state index in [9.17, 15) is 29.4 Å². The van der Waals surface area contributed by atoms with E-state index < -0.39 is 28.6 Å². The van der Waals surface area contributed by atoms with Crippen molar-refractivity contribution in [3.05, 3.63) is 55.7 Å². The van der Waals surface area contributed by atoms with E-state index in [1.807, 2.05) is 6.92 Å². The van der Waals surface area contributed by atoms with E-state index in [1.54, 1.807) is 6.92 Å². The monoisotopic (exact) mass is 393 g/mol. The molecular formula is C19H15MgNO7. The molecule has 9 heteroatoms. The van der Waals surface area contributed by atoms with Crippen LogP contribution in [-0.2, 0) is 13.0 Å². The molecule has 0 aliphatic carbocycles. The van der Waals surface area contributed by atoms with Gasteiger partial charge in [-0.15, -0.1) is 0 Å². The van der Waals surface area contributed by atoms with Gasteiger partial charge in [-0.05, 0) is 19.4 Å². The van der Waals surface area contributed by atoms with Gasteiger partial charge in [0.2, 0.25) is 0 Å². The summed E-state index contributed by atoms with van der Waals surface area (Å²) in [5.41, 5.74) is -0.805. The number of carboxylic acids is 2. The molecule has 0 aliphatic rings. The molecule has 0 saturated heterocycles. The summed E-state index contributed by atoms with van der Waals surface area (Å²) in [6.07, 6.45) is 0.921. The molecule has 28 heavy (non-hydrogen) atoms. The Morgan fingerprint density at radius 2 is 1.64 bits per heavy atom. The van der Waals surface area contributed by atoms with Gasteiger partial charge in [0, 0.05) is 29.6 Å². The number of rotatable bonds is 5. The molecule has 0 fully saturated rings. The first kappa shape index (κ1) is 21.6. The fourth-order valence-corrected chi connectivity index (χ4v) is 3.32. The molecule has 3 rings (SSSR count). The van der Waals surface area contributed by atoms with E-state index in [-0.39, 0.29) is 57.2 Å². The standard InChI is InChI=1S/C19H17NO7.Mg/c1-3-5-9-16-10(13(21)7-12(18(23)24)20(16)4-2)6-11-14(22)8-15(19(25)26)27-17(9)11;/h6-8H,3-5H2,1-2H3,(H,23,24)(H,25,26);/q;+2/p-2. The Morgan fingerprint density at radius 1 is 1.00 bits per heavy atom. The van der Waals surface area contributed by atoms with Crippen LogP contribution in [-0.4, -0.2) is 39.6 Å². The van der Waals surface area contributed by atoms with Crippen LogP contribution in [0.15, 0.2) is 32.2 Å². The molecule has 140 valence electrons. The molecule has 0 aliphatic heterocycles. The molecule has 0 radical (unpaired) electrons. The van der Waals surface area contributed by atoms with Crippen LogP contribution in [0.5, 0.6) is 0 Å². The van der Waals surface area contributed by atoms with Gasteiger partial charge in [-0.2, -0.15) is 0 Å². The minimum Gasteiger partial charge on any atom is -0.543 e. The molecule has 2 aromatic heterocycles. The molecular weight excluding hydrogens is 379 g/mol. The van der Waals surface area contributed by atoms with Crippen molar-refractivity contribution >= 4 is 56.9 Å². The molecule has 0 saturated carbocycles. The van der Waals surface area contributed by atoms with Gasteiger partial charge in [-0.1, -0.05) is 13.3 Å². The van der Waals surface area contributed by atoms with Crippen LogP contribution < -0.4 is 21.1 Å². The van der Waals surface area contributed by atoms with E-state index >= 15 is 0 Å². The molecule has 0 spiro atoms. The second-order valence-corrected chi connectivity index (χ2v) is 6.07. The van der Waals surface area contributed by atoms with Crippen molar-refractivity contribution in [2.24, 2.45) is 0 Å². The van der Waals surface area contributed by atoms with Gasteiger partial charge in [0.25, 0.3) is 0 Å². The zero-order valence-corrected chi connectivity index (χ0v) is 16.8. The van der Waals surface area contributed by atoms with E-state index in [2.05, 4.69) is 0 Å². The summed E-state index contributed by atoms with van der Waals surface area (Å²) < 4.78 is 6.79. The number of nitrogens with zero attached hydrogens (tertiary/aromatic N) is 1. The summed E-state index contributed by atoms with van der Waals surface area (Å²) in [5, 5.41) is 22.9. The number of carbonyl (C=O) groups excluding carboxylic acids is 2. The SMILES string of the molecule is CCCc1c2oc(C(=O)[O-])cc(=O)c2cc2c(=O)cc(C(=O)[O-])n(CC)c12.[Mg+2]. The van der Waals surface area contributed by atoms with E-state index in [4.69, 9.17) is 4.42 Å². The molecule has 2 heterocycles. The predicted octanol–water partition coefficient (Wildman–Crippen LogP) is -0.573. The Bertz CT molecular complexity index is 1220. The fraction of sp³-hybridized carbons (Fsp3) is 0.263. The van der Waals surface area contributed by atoms with Gasteiger partial charge in [0.15, 0.2) is 16.6 Å². The summed E-state index contributed by atoms with van der Waals surface area (Å²) >= 11 is 0. The molecule has 1 aromatic carbocycles. The van der Waals surface area contributed by atoms with Crippen molar-refractivity contribution in [2.75, 3.05) is 0 Å². The van der Waals surface area contributed by atoms with Crippen LogP contribution in [0.2, 0.25) is 0 Å². The first-order chi connectivity index (χ1) is 12.8. The zero-order chi connectivity index (χ0) is 19.9. The quantitative estimate of drug-likeness (QED) is 0.418. The topological polar surface area (TPSA) is 132 Å². The summed E-state index contributed by atoms with van der Waals surface area (Å²) in [6.45, 7) is 3.76. The van der Waals surface area contributed by atoms with Gasteiger partial charge < -0.3 is 28.8 Å². The fourth-order valence-electron chi connectivity index (χ4n) is 3.32. The maximum atomic E-state index is 12.5. The van der Waals surface area contributed by atoms with Crippen LogP contribution in [0.3, 0.4) is 0 Å². The number of aromatic carboxylic acids is 2. The largest absolute Gasteiger partial charge is 2.00 e. The van der Waals surface area contributed by atoms with Crippen LogP contribution in [0, 0.1) is 0 Å². The third-order valence-corrected chi connectivity index (χ3v) is 4.41. The minimum atomic E-state index is -1.65. The molecule has 0 amide bonds. The number of hydrogen-bond donors (Lipinski definition) is 0. The van der Waals surface area contributed by atoms with E-state index in [1.165, 1.54) is 10.6 Å². The first-order valence-corrected chi connectivity index (χ1v) is 8.40. The summed E-state index contributed by atoms with van der Waals surface area (Å²) in [5.74, 6) is -3.79. The van der Waals surface area contributed by atoms with Crippen molar-refractivity contribution in [3.8, 4) is 0 Å². The van der Waals surface area contributed by atoms with E-state index in [0.717, 1.165) is 12.1 Å². The van der Waals surface area contributed by atoms with E-state index in [0.29, 0.717) is 18.4 Å². The van der Waals surface area contributed by atoms with Crippen molar-refractivity contribution in [1.82, 2.24) is 4.57 Å². The summed E-state index contributed by atoms with van der Waals surface area (Å²) in [6, 6.07) is 3.06. The van der Waals surface area contributed by atoms with Gasteiger partial charge in [-0.25, -0.2) is 0 Å². The van der Waals surface area contributed by atoms with Crippen LogP contribution in [0.4, 0.5) is 0 Å². The number of carbonyl (C=O) groups is 2. The predicted molar refractivity (Wildman–Crippen MR) is 98.3 cm³/mol. The smallest absolute Gasteiger partial charge is 0.543 e. The average molecular weight is 394 g/mol. The van der Waals surface area contributed by atoms with Gasteiger partial charge in [0.05, 0.1) is 22.6 Å². The third kappa shape index (κ3) is 3.42. The molecule has 0 unspecified atom stereocenters. The zero-order valence-electron chi connectivity index (χ0n) is 15.4. The minimum absolute atomic E-state index is 0. The number of aryl methyl sites for hydroxylation is 2. The molecule has 0 N–H and O–H groups in total. The van der Waals surface area contributed by atoms with Gasteiger partial charge in [0.1, 0.15) is 11.6 Å². The number of fused-ring (bicyclic) bond motifs is 2.